The number of hydrogen-bond donors (Lipinski definition) is 2. The van der Waals surface area contributed by atoms with E-state index in [2.05, 4.69) is 58.9 Å². The Morgan fingerprint density at radius 3 is 2.63 bits per heavy atom. The summed E-state index contributed by atoms with van der Waals surface area (Å²) in [5.41, 5.74) is 1.17. The first kappa shape index (κ1) is 22.9. The summed E-state index contributed by atoms with van der Waals surface area (Å²) in [6.45, 7) is 0.705. The van der Waals surface area contributed by atoms with Crippen molar-refractivity contribution < 1.29 is 9.15 Å². The summed E-state index contributed by atoms with van der Waals surface area (Å²) in [5.74, 6) is 2.76. The molecule has 1 aromatic heterocycles. The number of likely N-dealkylation sites (N-methyl/N-ethyl adjacent to an activating group) is 1. The number of para-hydroxylation sites is 1. The number of fused-ring (bicyclic) bond motifs is 1. The summed E-state index contributed by atoms with van der Waals surface area (Å²) >= 11 is 0. The number of benzene rings is 1. The lowest BCUT2D eigenvalue weighted by Crippen LogP contribution is -2.47. The summed E-state index contributed by atoms with van der Waals surface area (Å²) < 4.78 is 12.1. The molecule has 2 aromatic rings. The largest absolute Gasteiger partial charge is 0.487 e. The van der Waals surface area contributed by atoms with Crippen LogP contribution in [0.15, 0.2) is 52.1 Å². The van der Waals surface area contributed by atoms with Gasteiger partial charge in [0.2, 0.25) is 0 Å². The molecule has 1 aromatic carbocycles. The van der Waals surface area contributed by atoms with E-state index in [0.717, 1.165) is 36.7 Å². The minimum Gasteiger partial charge on any atom is -0.487 e. The van der Waals surface area contributed by atoms with Gasteiger partial charge in [-0.1, -0.05) is 18.2 Å². The smallest absolute Gasteiger partial charge is 0.191 e. The van der Waals surface area contributed by atoms with E-state index in [1.807, 2.05) is 19.2 Å². The minimum atomic E-state index is -0.0365. The number of hydrogen-bond acceptors (Lipinski definition) is 4. The van der Waals surface area contributed by atoms with Crippen LogP contribution in [0.1, 0.15) is 55.5 Å². The van der Waals surface area contributed by atoms with Gasteiger partial charge in [0.15, 0.2) is 5.96 Å². The highest BCUT2D eigenvalue weighted by Crippen LogP contribution is 2.46. The number of nitrogens with one attached hydrogen (secondary N) is 2. The van der Waals surface area contributed by atoms with E-state index in [9.17, 15) is 0 Å². The number of rotatable bonds is 5. The van der Waals surface area contributed by atoms with Crippen LogP contribution in [-0.4, -0.2) is 44.1 Å². The molecule has 1 aliphatic heterocycles. The Balaban J connectivity index is 0.00000256. The summed E-state index contributed by atoms with van der Waals surface area (Å²) in [7, 11) is 5.94. The van der Waals surface area contributed by atoms with Crippen LogP contribution in [0, 0.1) is 0 Å². The van der Waals surface area contributed by atoms with E-state index in [-0.39, 0.29) is 41.7 Å². The Hall–Kier alpha value is -1.74. The monoisotopic (exact) mass is 524 g/mol. The minimum absolute atomic E-state index is 0. The topological polar surface area (TPSA) is 62.0 Å². The lowest BCUT2D eigenvalue weighted by atomic mass is 9.86. The summed E-state index contributed by atoms with van der Waals surface area (Å²) in [6.07, 6.45) is 7.45. The van der Waals surface area contributed by atoms with Crippen molar-refractivity contribution in [2.24, 2.45) is 4.99 Å². The molecule has 7 heteroatoms. The van der Waals surface area contributed by atoms with Gasteiger partial charge in [-0.15, -0.1) is 24.0 Å². The maximum atomic E-state index is 6.49. The molecule has 2 heterocycles. The third kappa shape index (κ3) is 4.94. The van der Waals surface area contributed by atoms with E-state index in [4.69, 9.17) is 9.15 Å². The van der Waals surface area contributed by atoms with E-state index in [0.29, 0.717) is 6.54 Å². The molecule has 0 bridgehead atoms. The molecule has 1 fully saturated rings. The van der Waals surface area contributed by atoms with Gasteiger partial charge in [0.25, 0.3) is 0 Å². The second-order valence-electron chi connectivity index (χ2n) is 8.38. The van der Waals surface area contributed by atoms with Crippen molar-refractivity contribution in [2.45, 2.75) is 49.8 Å². The Morgan fingerprint density at radius 2 is 1.97 bits per heavy atom. The van der Waals surface area contributed by atoms with Crippen molar-refractivity contribution in [1.29, 1.82) is 0 Å². The Labute approximate surface area is 196 Å². The van der Waals surface area contributed by atoms with E-state index >= 15 is 0 Å². The third-order valence-electron chi connectivity index (χ3n) is 6.20. The third-order valence-corrected chi connectivity index (χ3v) is 6.20. The van der Waals surface area contributed by atoms with Gasteiger partial charge in [-0.25, -0.2) is 0 Å². The fourth-order valence-electron chi connectivity index (χ4n) is 4.64. The molecule has 1 saturated carbocycles. The molecule has 6 nitrogen and oxygen atoms in total. The van der Waals surface area contributed by atoms with Crippen molar-refractivity contribution in [3.8, 4) is 5.75 Å². The van der Waals surface area contributed by atoms with Gasteiger partial charge in [0.1, 0.15) is 17.1 Å². The fraction of sp³-hybridized carbons (Fsp3) is 0.522. The Bertz CT molecular complexity index is 831. The van der Waals surface area contributed by atoms with E-state index < -0.39 is 0 Å². The van der Waals surface area contributed by atoms with Gasteiger partial charge in [-0.05, 0) is 58.0 Å². The van der Waals surface area contributed by atoms with Gasteiger partial charge in [-0.2, -0.15) is 0 Å². The molecular weight excluding hydrogens is 491 g/mol. The summed E-state index contributed by atoms with van der Waals surface area (Å²) in [4.78, 5) is 6.64. The molecule has 0 saturated heterocycles. The number of ether oxygens (including phenoxy) is 1. The molecule has 1 aliphatic carbocycles. The maximum Gasteiger partial charge on any atom is 0.191 e. The van der Waals surface area contributed by atoms with Gasteiger partial charge >= 0.3 is 0 Å². The van der Waals surface area contributed by atoms with Crippen LogP contribution in [0.4, 0.5) is 0 Å². The van der Waals surface area contributed by atoms with Crippen LogP contribution in [0.25, 0.3) is 0 Å². The number of nitrogens with zero attached hydrogens (tertiary/aromatic N) is 2. The molecule has 2 unspecified atom stereocenters. The molecule has 1 spiro atoms. The number of aliphatic imine (C=N–C) groups is 1. The molecule has 164 valence electrons. The lowest BCUT2D eigenvalue weighted by molar-refractivity contribution is 0.0396. The molecule has 0 amide bonds. The summed E-state index contributed by atoms with van der Waals surface area (Å²) in [6, 6.07) is 12.7. The fourth-order valence-corrected chi connectivity index (χ4v) is 4.64. The Kier molecular flexibility index (Phi) is 7.68. The zero-order valence-corrected chi connectivity index (χ0v) is 20.4. The van der Waals surface area contributed by atoms with Crippen LogP contribution < -0.4 is 15.4 Å². The van der Waals surface area contributed by atoms with Crippen molar-refractivity contribution in [1.82, 2.24) is 15.5 Å². The first-order valence-corrected chi connectivity index (χ1v) is 10.6. The van der Waals surface area contributed by atoms with Crippen LogP contribution in [0.5, 0.6) is 5.75 Å². The van der Waals surface area contributed by atoms with Crippen molar-refractivity contribution in [2.75, 3.05) is 27.7 Å². The van der Waals surface area contributed by atoms with Gasteiger partial charge < -0.3 is 19.8 Å². The lowest BCUT2D eigenvalue weighted by Gasteiger charge is -2.40. The zero-order chi connectivity index (χ0) is 20.3. The number of guanidine groups is 1. The molecule has 2 aliphatic rings. The highest BCUT2D eigenvalue weighted by atomic mass is 127. The molecule has 30 heavy (non-hydrogen) atoms. The maximum absolute atomic E-state index is 6.49. The van der Waals surface area contributed by atoms with Gasteiger partial charge in [0, 0.05) is 25.6 Å². The highest BCUT2D eigenvalue weighted by Gasteiger charge is 2.43. The van der Waals surface area contributed by atoms with Crippen LogP contribution in [0.3, 0.4) is 0 Å². The standard InChI is InChI=1S/C23H32N4O2.HI/c1-24-22(25-16-19(27(2)3)21-11-8-14-28-21)26-18-15-23(12-6-7-13-23)29-20-10-5-4-9-17(18)20;/h4-5,8-11,14,18-19H,6-7,12-13,15-16H2,1-3H3,(H2,24,25,26);1H. The van der Waals surface area contributed by atoms with Gasteiger partial charge in [0.05, 0.1) is 18.3 Å². The van der Waals surface area contributed by atoms with E-state index in [1.165, 1.54) is 18.4 Å². The average molecular weight is 524 g/mol. The second kappa shape index (κ2) is 10.0. The number of halogens is 1. The molecule has 4 rings (SSSR count). The van der Waals surface area contributed by atoms with Crippen molar-refractivity contribution in [3.63, 3.8) is 0 Å². The zero-order valence-electron chi connectivity index (χ0n) is 18.1. The van der Waals surface area contributed by atoms with Crippen molar-refractivity contribution >= 4 is 29.9 Å². The first-order valence-electron chi connectivity index (χ1n) is 10.6. The first-order chi connectivity index (χ1) is 14.1. The van der Waals surface area contributed by atoms with Crippen LogP contribution in [0.2, 0.25) is 0 Å². The molecule has 2 N–H and O–H groups in total. The second-order valence-corrected chi connectivity index (χ2v) is 8.38. The molecule has 0 radical (unpaired) electrons. The van der Waals surface area contributed by atoms with Crippen LogP contribution in [-0.2, 0) is 0 Å². The Morgan fingerprint density at radius 1 is 1.20 bits per heavy atom. The predicted molar refractivity (Wildman–Crippen MR) is 131 cm³/mol. The normalized spacial score (nSPS) is 20.9. The van der Waals surface area contributed by atoms with E-state index in [1.54, 1.807) is 6.26 Å². The van der Waals surface area contributed by atoms with Crippen molar-refractivity contribution in [3.05, 3.63) is 54.0 Å². The average Bonchev–Trinajstić information content (AvgIpc) is 3.39. The molecular formula is C23H33IN4O2. The highest BCUT2D eigenvalue weighted by molar-refractivity contribution is 14.0. The number of furan rings is 1. The quantitative estimate of drug-likeness (QED) is 0.343. The SMILES string of the molecule is CN=C(NCC(c1ccco1)N(C)C)NC1CC2(CCCC2)Oc2ccccc21.I. The van der Waals surface area contributed by atoms with Gasteiger partial charge in [-0.3, -0.25) is 9.89 Å². The molecule has 2 atom stereocenters. The summed E-state index contributed by atoms with van der Waals surface area (Å²) in [5, 5.41) is 7.15. The predicted octanol–water partition coefficient (Wildman–Crippen LogP) is 4.50. The van der Waals surface area contributed by atoms with Crippen LogP contribution >= 0.6 is 24.0 Å².